The number of hydrogen-bond donors (Lipinski definition) is 2. The van der Waals surface area contributed by atoms with Gasteiger partial charge in [0.2, 0.25) is 0 Å². The summed E-state index contributed by atoms with van der Waals surface area (Å²) in [6.45, 7) is 11.3. The van der Waals surface area contributed by atoms with Gasteiger partial charge in [0, 0.05) is 24.7 Å². The highest BCUT2D eigenvalue weighted by Gasteiger charge is 2.29. The van der Waals surface area contributed by atoms with Crippen LogP contribution in [0.4, 0.5) is 4.79 Å². The predicted molar refractivity (Wildman–Crippen MR) is 95.7 cm³/mol. The zero-order chi connectivity index (χ0) is 17.6. The third-order valence-corrected chi connectivity index (χ3v) is 3.97. The van der Waals surface area contributed by atoms with Crippen molar-refractivity contribution in [1.82, 2.24) is 15.5 Å². The van der Waals surface area contributed by atoms with Crippen molar-refractivity contribution in [2.75, 3.05) is 20.6 Å². The van der Waals surface area contributed by atoms with Crippen molar-refractivity contribution in [1.29, 1.82) is 0 Å². The van der Waals surface area contributed by atoms with E-state index in [1.54, 1.807) is 0 Å². The number of hydrogen-bond acceptors (Lipinski definition) is 4. The molecule has 5 nitrogen and oxygen atoms in total. The van der Waals surface area contributed by atoms with E-state index in [9.17, 15) is 4.79 Å². The average Bonchev–Trinajstić information content (AvgIpc) is 2.71. The molecule has 0 aromatic heterocycles. The van der Waals surface area contributed by atoms with Gasteiger partial charge in [-0.05, 0) is 66.5 Å². The minimum atomic E-state index is -0.436. The number of likely N-dealkylation sites (N-methyl/N-ethyl adjacent to an activating group) is 1. The van der Waals surface area contributed by atoms with Crippen molar-refractivity contribution in [3.8, 4) is 0 Å². The topological polar surface area (TPSA) is 53.6 Å². The maximum atomic E-state index is 11.9. The normalized spacial score (nSPS) is 23.3. The fourth-order valence-electron chi connectivity index (χ4n) is 3.28. The molecule has 1 aliphatic carbocycles. The van der Waals surface area contributed by atoms with Gasteiger partial charge < -0.3 is 20.3 Å². The third kappa shape index (κ3) is 9.16. The quantitative estimate of drug-likeness (QED) is 0.755. The van der Waals surface area contributed by atoms with E-state index in [1.807, 2.05) is 20.8 Å². The maximum Gasteiger partial charge on any atom is 0.407 e. The molecule has 1 saturated carbocycles. The highest BCUT2D eigenvalue weighted by atomic mass is 16.6. The summed E-state index contributed by atoms with van der Waals surface area (Å²) in [7, 11) is 4.24. The van der Waals surface area contributed by atoms with E-state index in [4.69, 9.17) is 4.74 Å². The molecule has 0 spiro atoms. The van der Waals surface area contributed by atoms with Crippen molar-refractivity contribution < 1.29 is 9.53 Å². The van der Waals surface area contributed by atoms with Crippen LogP contribution in [0.3, 0.4) is 0 Å². The van der Waals surface area contributed by atoms with E-state index in [0.29, 0.717) is 18.0 Å². The number of nitrogens with zero attached hydrogens (tertiary/aromatic N) is 1. The van der Waals surface area contributed by atoms with Crippen LogP contribution in [0, 0.1) is 5.92 Å². The number of rotatable bonds is 7. The second-order valence-corrected chi connectivity index (χ2v) is 8.61. The van der Waals surface area contributed by atoms with Gasteiger partial charge in [0.25, 0.3) is 0 Å². The number of amides is 1. The fourth-order valence-corrected chi connectivity index (χ4v) is 3.28. The molecule has 1 fully saturated rings. The van der Waals surface area contributed by atoms with Crippen LogP contribution >= 0.6 is 0 Å². The number of ether oxygens (including phenoxy) is 1. The summed E-state index contributed by atoms with van der Waals surface area (Å²) < 4.78 is 5.34. The summed E-state index contributed by atoms with van der Waals surface area (Å²) in [4.78, 5) is 14.1. The van der Waals surface area contributed by atoms with E-state index >= 15 is 0 Å². The average molecular weight is 328 g/mol. The lowest BCUT2D eigenvalue weighted by molar-refractivity contribution is 0.0505. The Morgan fingerprint density at radius 1 is 1.22 bits per heavy atom. The molecule has 0 saturated heterocycles. The minimum absolute atomic E-state index is 0.224. The van der Waals surface area contributed by atoms with Gasteiger partial charge in [0.15, 0.2) is 0 Å². The van der Waals surface area contributed by atoms with Gasteiger partial charge in [-0.3, -0.25) is 0 Å². The lowest BCUT2D eigenvalue weighted by atomic mass is 10.0. The first kappa shape index (κ1) is 20.2. The second-order valence-electron chi connectivity index (χ2n) is 8.61. The van der Waals surface area contributed by atoms with E-state index < -0.39 is 5.60 Å². The van der Waals surface area contributed by atoms with Crippen LogP contribution < -0.4 is 10.6 Å². The first-order chi connectivity index (χ1) is 10.5. The SMILES string of the molecule is CC(C)CC(CN(C)C)NC1CCC(NC(=O)OC(C)(C)C)C1. The molecule has 2 N–H and O–H groups in total. The third-order valence-electron chi connectivity index (χ3n) is 3.97. The van der Waals surface area contributed by atoms with Gasteiger partial charge in [-0.2, -0.15) is 0 Å². The lowest BCUT2D eigenvalue weighted by Crippen LogP contribution is -2.45. The summed E-state index contributed by atoms with van der Waals surface area (Å²) in [6, 6.07) is 1.22. The Morgan fingerprint density at radius 3 is 2.35 bits per heavy atom. The summed E-state index contributed by atoms with van der Waals surface area (Å²) in [6.07, 6.45) is 4.01. The molecule has 23 heavy (non-hydrogen) atoms. The maximum absolute atomic E-state index is 11.9. The van der Waals surface area contributed by atoms with Gasteiger partial charge in [-0.15, -0.1) is 0 Å². The van der Waals surface area contributed by atoms with Crippen molar-refractivity contribution in [3.63, 3.8) is 0 Å². The van der Waals surface area contributed by atoms with Crippen LogP contribution in [0.5, 0.6) is 0 Å². The van der Waals surface area contributed by atoms with Crippen molar-refractivity contribution in [2.24, 2.45) is 5.92 Å². The first-order valence-electron chi connectivity index (χ1n) is 8.95. The van der Waals surface area contributed by atoms with Gasteiger partial charge in [0.05, 0.1) is 0 Å². The van der Waals surface area contributed by atoms with Crippen LogP contribution in [0.1, 0.15) is 60.3 Å². The number of nitrogens with one attached hydrogen (secondary N) is 2. The zero-order valence-corrected chi connectivity index (χ0v) is 16.1. The zero-order valence-electron chi connectivity index (χ0n) is 16.1. The van der Waals surface area contributed by atoms with Crippen LogP contribution in [-0.4, -0.2) is 55.4 Å². The van der Waals surface area contributed by atoms with Crippen LogP contribution in [0.2, 0.25) is 0 Å². The first-order valence-corrected chi connectivity index (χ1v) is 8.95. The Kier molecular flexibility index (Phi) is 7.81. The second kappa shape index (κ2) is 8.88. The molecule has 5 heteroatoms. The Balaban J connectivity index is 2.41. The van der Waals surface area contributed by atoms with Crippen LogP contribution in [-0.2, 0) is 4.74 Å². The van der Waals surface area contributed by atoms with E-state index in [-0.39, 0.29) is 12.1 Å². The molecule has 0 radical (unpaired) electrons. The van der Waals surface area contributed by atoms with Crippen molar-refractivity contribution >= 4 is 6.09 Å². The molecule has 3 atom stereocenters. The smallest absolute Gasteiger partial charge is 0.407 e. The number of alkyl carbamates (subject to hydrolysis) is 1. The lowest BCUT2D eigenvalue weighted by Gasteiger charge is -2.27. The van der Waals surface area contributed by atoms with Crippen LogP contribution in [0.15, 0.2) is 0 Å². The highest BCUT2D eigenvalue weighted by Crippen LogP contribution is 2.21. The number of carbonyl (C=O) groups is 1. The summed E-state index contributed by atoms with van der Waals surface area (Å²) in [5.74, 6) is 0.685. The van der Waals surface area contributed by atoms with E-state index in [0.717, 1.165) is 25.8 Å². The van der Waals surface area contributed by atoms with E-state index in [2.05, 4.69) is 43.5 Å². The summed E-state index contributed by atoms with van der Waals surface area (Å²) in [5.41, 5.74) is -0.436. The molecule has 0 aromatic rings. The summed E-state index contributed by atoms with van der Waals surface area (Å²) in [5, 5.41) is 6.80. The highest BCUT2D eigenvalue weighted by molar-refractivity contribution is 5.68. The molecule has 3 unspecified atom stereocenters. The molecule has 0 heterocycles. The van der Waals surface area contributed by atoms with Gasteiger partial charge >= 0.3 is 6.09 Å². The molecule has 1 rings (SSSR count). The Labute approximate surface area is 142 Å². The van der Waals surface area contributed by atoms with Gasteiger partial charge in [-0.25, -0.2) is 4.79 Å². The fraction of sp³-hybridized carbons (Fsp3) is 0.944. The Bertz CT molecular complexity index is 354. The Morgan fingerprint density at radius 2 is 1.83 bits per heavy atom. The molecular weight excluding hydrogens is 290 g/mol. The largest absolute Gasteiger partial charge is 0.444 e. The number of carbonyl (C=O) groups excluding carboxylic acids is 1. The molecule has 1 aliphatic rings. The minimum Gasteiger partial charge on any atom is -0.444 e. The van der Waals surface area contributed by atoms with Crippen LogP contribution in [0.25, 0.3) is 0 Å². The molecule has 136 valence electrons. The molecule has 1 amide bonds. The van der Waals surface area contributed by atoms with Gasteiger partial charge in [-0.1, -0.05) is 13.8 Å². The standard InChI is InChI=1S/C18H37N3O2/c1-13(2)10-16(12-21(6)7)19-14-8-9-15(11-14)20-17(22)23-18(3,4)5/h13-16,19H,8-12H2,1-7H3,(H,20,22). The molecule has 0 aromatic carbocycles. The van der Waals surface area contributed by atoms with E-state index in [1.165, 1.54) is 6.42 Å². The summed E-state index contributed by atoms with van der Waals surface area (Å²) >= 11 is 0. The van der Waals surface area contributed by atoms with Crippen molar-refractivity contribution in [2.45, 2.75) is 84.0 Å². The molecule has 0 aliphatic heterocycles. The molecule has 0 bridgehead atoms. The van der Waals surface area contributed by atoms with Gasteiger partial charge in [0.1, 0.15) is 5.60 Å². The Hall–Kier alpha value is -0.810. The van der Waals surface area contributed by atoms with Crippen molar-refractivity contribution in [3.05, 3.63) is 0 Å². The predicted octanol–water partition coefficient (Wildman–Crippen LogP) is 3.00. The monoisotopic (exact) mass is 327 g/mol. The molecular formula is C18H37N3O2.